The van der Waals surface area contributed by atoms with Crippen LogP contribution in [0.4, 0.5) is 5.69 Å². The van der Waals surface area contributed by atoms with E-state index in [2.05, 4.69) is 20.9 Å². The second-order valence-electron chi connectivity index (χ2n) is 2.91. The Kier molecular flexibility index (Phi) is 3.60. The van der Waals surface area contributed by atoms with Crippen molar-refractivity contribution in [3.63, 3.8) is 0 Å². The van der Waals surface area contributed by atoms with Crippen molar-refractivity contribution in [3.8, 4) is 10.9 Å². The van der Waals surface area contributed by atoms with Gasteiger partial charge in [0.2, 0.25) is 0 Å². The van der Waals surface area contributed by atoms with Crippen molar-refractivity contribution in [2.24, 2.45) is 0 Å². The van der Waals surface area contributed by atoms with Crippen molar-refractivity contribution in [3.05, 3.63) is 43.3 Å². The first kappa shape index (κ1) is 12.3. The summed E-state index contributed by atoms with van der Waals surface area (Å²) in [5, 5.41) is 12.8. The molecule has 88 valence electrons. The highest BCUT2D eigenvalue weighted by molar-refractivity contribution is 9.10. The number of hydrogen-bond donors (Lipinski definition) is 0. The predicted octanol–water partition coefficient (Wildman–Crippen LogP) is 4.26. The Balaban J connectivity index is 2.23. The van der Waals surface area contributed by atoms with Gasteiger partial charge in [-0.3, -0.25) is 10.1 Å². The van der Waals surface area contributed by atoms with Gasteiger partial charge in [-0.05, 0) is 22.0 Å². The number of rotatable bonds is 3. The number of nitro groups is 1. The lowest BCUT2D eigenvalue weighted by Gasteiger charge is -2.01. The zero-order valence-corrected chi connectivity index (χ0v) is 11.3. The Bertz CT molecular complexity index is 575. The van der Waals surface area contributed by atoms with Gasteiger partial charge in [-0.2, -0.15) is 4.98 Å². The van der Waals surface area contributed by atoms with Gasteiger partial charge >= 0.3 is 0 Å². The molecule has 0 aliphatic carbocycles. The smallest absolute Gasteiger partial charge is 0.288 e. The van der Waals surface area contributed by atoms with Crippen LogP contribution in [0.2, 0.25) is 5.02 Å². The first-order valence-corrected chi connectivity index (χ1v) is 6.34. The van der Waals surface area contributed by atoms with Crippen molar-refractivity contribution in [2.45, 2.75) is 0 Å². The minimum Gasteiger partial charge on any atom is -0.431 e. The van der Waals surface area contributed by atoms with Crippen LogP contribution in [0.5, 0.6) is 10.9 Å². The van der Waals surface area contributed by atoms with Crippen LogP contribution in [0.1, 0.15) is 0 Å². The Morgan fingerprint density at radius 2 is 2.29 bits per heavy atom. The third kappa shape index (κ3) is 2.93. The average Bonchev–Trinajstić information content (AvgIpc) is 2.63. The van der Waals surface area contributed by atoms with Crippen LogP contribution in [-0.2, 0) is 0 Å². The molecule has 0 fully saturated rings. The highest BCUT2D eigenvalue weighted by Gasteiger charge is 2.13. The van der Waals surface area contributed by atoms with Crippen LogP contribution in [0, 0.1) is 10.1 Å². The van der Waals surface area contributed by atoms with Gasteiger partial charge in [0, 0.05) is 17.5 Å². The molecule has 8 heteroatoms. The standard InChI is InChI=1S/C9H4BrClN2O3S/c10-8-4-17-9(12-8)16-5-1-2-7(13(14)15)6(11)3-5/h1-4H. The number of benzene rings is 1. The van der Waals surface area contributed by atoms with Crippen molar-refractivity contribution in [1.29, 1.82) is 0 Å². The number of ether oxygens (including phenoxy) is 1. The van der Waals surface area contributed by atoms with Crippen molar-refractivity contribution < 1.29 is 9.66 Å². The maximum Gasteiger partial charge on any atom is 0.288 e. The average molecular weight is 336 g/mol. The summed E-state index contributed by atoms with van der Waals surface area (Å²) in [7, 11) is 0. The molecule has 0 N–H and O–H groups in total. The monoisotopic (exact) mass is 334 g/mol. The first-order chi connectivity index (χ1) is 8.06. The van der Waals surface area contributed by atoms with Gasteiger partial charge in [0.1, 0.15) is 15.4 Å². The summed E-state index contributed by atoms with van der Waals surface area (Å²) in [6.45, 7) is 0. The van der Waals surface area contributed by atoms with Crippen LogP contribution < -0.4 is 4.74 Å². The van der Waals surface area contributed by atoms with Crippen molar-refractivity contribution in [1.82, 2.24) is 4.98 Å². The molecule has 0 aliphatic heterocycles. The molecule has 1 aromatic carbocycles. The minimum absolute atomic E-state index is 0.0307. The lowest BCUT2D eigenvalue weighted by molar-refractivity contribution is -0.384. The van der Waals surface area contributed by atoms with Crippen LogP contribution in [0.15, 0.2) is 28.2 Å². The lowest BCUT2D eigenvalue weighted by Crippen LogP contribution is -1.90. The minimum atomic E-state index is -0.550. The quantitative estimate of drug-likeness (QED) is 0.621. The largest absolute Gasteiger partial charge is 0.431 e. The number of nitro benzene ring substituents is 1. The van der Waals surface area contributed by atoms with Gasteiger partial charge < -0.3 is 4.74 Å². The second-order valence-corrected chi connectivity index (χ2v) is 4.95. The molecule has 1 aromatic heterocycles. The maximum absolute atomic E-state index is 10.6. The summed E-state index contributed by atoms with van der Waals surface area (Å²) in [6.07, 6.45) is 0. The normalized spacial score (nSPS) is 10.2. The van der Waals surface area contributed by atoms with Gasteiger partial charge in [0.25, 0.3) is 10.9 Å². The zero-order chi connectivity index (χ0) is 12.4. The molecule has 0 atom stereocenters. The Morgan fingerprint density at radius 1 is 1.53 bits per heavy atom. The van der Waals surface area contributed by atoms with E-state index in [1.165, 1.54) is 29.5 Å². The topological polar surface area (TPSA) is 65.3 Å². The Hall–Kier alpha value is -1.18. The fourth-order valence-corrected chi connectivity index (χ4v) is 2.43. The van der Waals surface area contributed by atoms with E-state index in [0.29, 0.717) is 15.5 Å². The molecule has 0 unspecified atom stereocenters. The highest BCUT2D eigenvalue weighted by Crippen LogP contribution is 2.32. The number of halogens is 2. The lowest BCUT2D eigenvalue weighted by atomic mass is 10.3. The molecule has 17 heavy (non-hydrogen) atoms. The molecule has 0 saturated carbocycles. The summed E-state index contributed by atoms with van der Waals surface area (Å²) in [5.41, 5.74) is -0.153. The number of thiazole rings is 1. The molecule has 0 aliphatic rings. The van der Waals surface area contributed by atoms with Gasteiger partial charge in [0.05, 0.1) is 4.92 Å². The van der Waals surface area contributed by atoms with E-state index in [1.807, 2.05) is 0 Å². The molecule has 0 bridgehead atoms. The maximum atomic E-state index is 10.6. The number of nitrogens with zero attached hydrogens (tertiary/aromatic N) is 2. The fraction of sp³-hybridized carbons (Fsp3) is 0. The van der Waals surface area contributed by atoms with E-state index in [0.717, 1.165) is 0 Å². The molecule has 2 aromatic rings. The third-order valence-corrected chi connectivity index (χ3v) is 3.51. The van der Waals surface area contributed by atoms with E-state index in [1.54, 1.807) is 5.38 Å². The van der Waals surface area contributed by atoms with E-state index in [-0.39, 0.29) is 10.7 Å². The van der Waals surface area contributed by atoms with Crippen molar-refractivity contribution in [2.75, 3.05) is 0 Å². The number of aromatic nitrogens is 1. The van der Waals surface area contributed by atoms with E-state index in [9.17, 15) is 10.1 Å². The Morgan fingerprint density at radius 3 is 2.82 bits per heavy atom. The van der Waals surface area contributed by atoms with E-state index >= 15 is 0 Å². The van der Waals surface area contributed by atoms with E-state index < -0.39 is 4.92 Å². The Labute approximate surface area is 113 Å². The highest BCUT2D eigenvalue weighted by atomic mass is 79.9. The van der Waals surface area contributed by atoms with E-state index in [4.69, 9.17) is 16.3 Å². The summed E-state index contributed by atoms with van der Waals surface area (Å²) in [5.74, 6) is 0.405. The molecular weight excluding hydrogens is 332 g/mol. The molecular formula is C9H4BrClN2O3S. The fourth-order valence-electron chi connectivity index (χ4n) is 1.09. The molecule has 1 heterocycles. The van der Waals surface area contributed by atoms with Crippen molar-refractivity contribution >= 4 is 44.6 Å². The number of hydrogen-bond acceptors (Lipinski definition) is 5. The first-order valence-electron chi connectivity index (χ1n) is 4.29. The zero-order valence-electron chi connectivity index (χ0n) is 8.09. The molecule has 5 nitrogen and oxygen atoms in total. The second kappa shape index (κ2) is 4.99. The predicted molar refractivity (Wildman–Crippen MR) is 68.0 cm³/mol. The van der Waals surface area contributed by atoms with Gasteiger partial charge in [-0.1, -0.05) is 22.9 Å². The van der Waals surface area contributed by atoms with Crippen LogP contribution in [-0.4, -0.2) is 9.91 Å². The molecule has 0 spiro atoms. The van der Waals surface area contributed by atoms with Gasteiger partial charge in [0.15, 0.2) is 0 Å². The molecule has 0 amide bonds. The molecule has 0 saturated heterocycles. The summed E-state index contributed by atoms with van der Waals surface area (Å²) in [4.78, 5) is 14.0. The molecule has 2 rings (SSSR count). The van der Waals surface area contributed by atoms with Crippen LogP contribution >= 0.6 is 38.9 Å². The van der Waals surface area contributed by atoms with Gasteiger partial charge in [-0.25, -0.2) is 0 Å². The van der Waals surface area contributed by atoms with Crippen LogP contribution in [0.25, 0.3) is 0 Å². The SMILES string of the molecule is O=[N+]([O-])c1ccc(Oc2nc(Br)cs2)cc1Cl. The summed E-state index contributed by atoms with van der Waals surface area (Å²) >= 11 is 10.2. The van der Waals surface area contributed by atoms with Crippen LogP contribution in [0.3, 0.4) is 0 Å². The molecule has 0 radical (unpaired) electrons. The third-order valence-electron chi connectivity index (χ3n) is 1.78. The summed E-state index contributed by atoms with van der Waals surface area (Å²) in [6, 6.07) is 4.15. The van der Waals surface area contributed by atoms with Gasteiger partial charge in [-0.15, -0.1) is 0 Å². The summed E-state index contributed by atoms with van der Waals surface area (Å²) < 4.78 is 6.06.